The molecule has 0 radical (unpaired) electrons. The number of carboxylic acid groups (broad SMARTS) is 1. The van der Waals surface area contributed by atoms with E-state index in [0.717, 1.165) is 5.39 Å². The first-order valence-corrected chi connectivity index (χ1v) is 15.7. The second-order valence-electron chi connectivity index (χ2n) is 8.42. The fraction of sp³-hybridized carbons (Fsp3) is 0. The monoisotopic (exact) mass is 897 g/mol. The predicted octanol–water partition coefficient (Wildman–Crippen LogP) is -2.32. The van der Waals surface area contributed by atoms with Crippen molar-refractivity contribution in [1.82, 2.24) is 0 Å². The molecule has 0 amide bonds. The zero-order chi connectivity index (χ0) is 27.8. The predicted molar refractivity (Wildman–Crippen MR) is 149 cm³/mol. The molecule has 2 heterocycles. The summed E-state index contributed by atoms with van der Waals surface area (Å²) in [4.78, 5) is 34.6. The molecule has 0 bridgehead atoms. The van der Waals surface area contributed by atoms with Gasteiger partial charge in [-0.2, -0.15) is 0 Å². The van der Waals surface area contributed by atoms with E-state index in [9.17, 15) is 24.6 Å². The van der Waals surface area contributed by atoms with E-state index in [2.05, 4.69) is 31.9 Å². The third-order valence-electron chi connectivity index (χ3n) is 6.01. The first-order chi connectivity index (χ1) is 18.7. The van der Waals surface area contributed by atoms with Crippen LogP contribution in [-0.4, -0.2) is 11.4 Å². The van der Waals surface area contributed by atoms with Crippen LogP contribution in [0.3, 0.4) is 0 Å². The average molecular weight is 898 g/mol. The number of carbonyl (C=O) groups is 1. The van der Waals surface area contributed by atoms with Gasteiger partial charge in [-0.3, -0.25) is 0 Å². The number of halogens is 2. The van der Waals surface area contributed by atoms with Crippen LogP contribution in [0, 0.1) is 0 Å². The smallest absolute Gasteiger partial charge is 0.423 e. The molecular weight excluding hydrogens is 883 g/mol. The molecular formula is C29H15Br2HgNa2O8. The van der Waals surface area contributed by atoms with Gasteiger partial charge in [0.2, 0.25) is 0 Å². The molecule has 2 aliphatic rings. The Hall–Kier alpha value is -1.31. The number of aromatic carboxylic acids is 1. The number of fused-ring (bicyclic) bond motifs is 3. The maximum atomic E-state index is 12.4. The van der Waals surface area contributed by atoms with Gasteiger partial charge in [0.1, 0.15) is 5.58 Å². The number of carbonyl (C=O) groups excluding carboxylic acids is 1. The Balaban J connectivity index is 0.000000373. The van der Waals surface area contributed by atoms with Crippen LogP contribution in [0.1, 0.15) is 10.4 Å². The van der Waals surface area contributed by atoms with Crippen molar-refractivity contribution in [1.29, 1.82) is 0 Å². The molecule has 8 nitrogen and oxygen atoms in total. The minimum Gasteiger partial charge on any atom is -0.423 e. The van der Waals surface area contributed by atoms with Crippen LogP contribution in [0.25, 0.3) is 44.4 Å². The van der Waals surface area contributed by atoms with Crippen molar-refractivity contribution in [2.75, 3.05) is 0 Å². The number of para-hydroxylation sites is 1. The van der Waals surface area contributed by atoms with E-state index in [1.165, 1.54) is 18.2 Å². The van der Waals surface area contributed by atoms with Gasteiger partial charge in [-0.05, 0) is 12.1 Å². The molecule has 6 rings (SSSR count). The van der Waals surface area contributed by atoms with Gasteiger partial charge in [0.15, 0.2) is 0 Å². The molecule has 0 unspecified atom stereocenters. The van der Waals surface area contributed by atoms with Crippen molar-refractivity contribution in [3.63, 3.8) is 0 Å². The molecule has 0 saturated carbocycles. The molecule has 13 heteroatoms. The molecule has 0 fully saturated rings. The summed E-state index contributed by atoms with van der Waals surface area (Å²) in [5.41, 5.74) is 2.03. The summed E-state index contributed by atoms with van der Waals surface area (Å²) in [7, 11) is 0. The number of carboxylic acids is 1. The maximum absolute atomic E-state index is 12.4. The minimum atomic E-state index is -1.31. The van der Waals surface area contributed by atoms with Gasteiger partial charge in [-0.25, -0.2) is 4.79 Å². The number of hydrogen-bond acceptors (Lipinski definition) is 7. The summed E-state index contributed by atoms with van der Waals surface area (Å²) >= 11 is 6.47. The summed E-state index contributed by atoms with van der Waals surface area (Å²) in [6.07, 6.45) is 0. The van der Waals surface area contributed by atoms with Crippen LogP contribution in [-0.2, 0) is 26.1 Å². The van der Waals surface area contributed by atoms with Crippen molar-refractivity contribution in [2.24, 2.45) is 0 Å². The summed E-state index contributed by atoms with van der Waals surface area (Å²) in [6.45, 7) is 0. The Labute approximate surface area is 315 Å². The Morgan fingerprint density at radius 2 is 1.48 bits per heavy atom. The van der Waals surface area contributed by atoms with E-state index in [1.54, 1.807) is 42.5 Å². The van der Waals surface area contributed by atoms with Crippen LogP contribution in [0.5, 0.6) is 5.75 Å². The molecule has 197 valence electrons. The van der Waals surface area contributed by atoms with Crippen molar-refractivity contribution in [2.45, 2.75) is 0 Å². The van der Waals surface area contributed by atoms with Gasteiger partial charge < -0.3 is 9.89 Å². The molecule has 4 aromatic rings. The number of hydrogen-bond donors (Lipinski definition) is 0. The zero-order valence-electron chi connectivity index (χ0n) is 22.3. The zero-order valence-corrected chi connectivity index (χ0v) is 35.0. The molecule has 1 aliphatic heterocycles. The van der Waals surface area contributed by atoms with Crippen LogP contribution in [0.2, 0.25) is 0 Å². The van der Waals surface area contributed by atoms with Crippen molar-refractivity contribution >= 4 is 62.8 Å². The second kappa shape index (κ2) is 15.6. The fourth-order valence-electron chi connectivity index (χ4n) is 4.22. The second-order valence-corrected chi connectivity index (χ2v) is 12.9. The first-order valence-electron chi connectivity index (χ1n) is 11.4. The van der Waals surface area contributed by atoms with Crippen LogP contribution in [0.15, 0.2) is 106 Å². The topological polar surface area (TPSA) is 155 Å². The molecule has 0 spiro atoms. The Morgan fingerprint density at radius 1 is 0.810 bits per heavy atom. The van der Waals surface area contributed by atoms with Crippen molar-refractivity contribution < 1.29 is 115 Å². The minimum absolute atomic E-state index is 0. The third kappa shape index (κ3) is 7.48. The van der Waals surface area contributed by atoms with Gasteiger partial charge in [-0.15, -0.1) is 0 Å². The molecule has 2 N–H and O–H groups in total. The van der Waals surface area contributed by atoms with Crippen LogP contribution in [0.4, 0.5) is 0 Å². The molecule has 0 saturated heterocycles. The van der Waals surface area contributed by atoms with Crippen molar-refractivity contribution in [3.8, 4) is 28.2 Å². The van der Waals surface area contributed by atoms with Crippen LogP contribution >= 0.6 is 31.9 Å². The van der Waals surface area contributed by atoms with E-state index in [1.807, 2.05) is 18.2 Å². The summed E-state index contributed by atoms with van der Waals surface area (Å²) in [5.74, 6) is -1.18. The Kier molecular flexibility index (Phi) is 13.7. The maximum Gasteiger partial charge on any atom is 1.00 e. The molecule has 42 heavy (non-hydrogen) atoms. The SMILES string of the molecule is O.O=C([O-])c1ccccc1-c1c2cc(Br)c(=O)cc-2oc2[c]([Hg])c([O-])c(Br)cc12.O=c1ccc2ccccc2o1.[Na+].[Na+]. The van der Waals surface area contributed by atoms with Gasteiger partial charge in [0, 0.05) is 11.5 Å². The Bertz CT molecular complexity index is 2010. The van der Waals surface area contributed by atoms with Gasteiger partial charge in [0.25, 0.3) is 0 Å². The van der Waals surface area contributed by atoms with E-state index in [-0.39, 0.29) is 119 Å². The molecule has 0 atom stereocenters. The number of benzene rings is 4. The Morgan fingerprint density at radius 3 is 2.19 bits per heavy atom. The van der Waals surface area contributed by atoms with Gasteiger partial charge >= 0.3 is 258 Å². The van der Waals surface area contributed by atoms with Crippen molar-refractivity contribution in [3.05, 3.63) is 114 Å². The van der Waals surface area contributed by atoms with E-state index in [4.69, 9.17) is 8.83 Å². The average Bonchev–Trinajstić information content (AvgIpc) is 2.92. The van der Waals surface area contributed by atoms with Gasteiger partial charge in [0.05, 0.1) is 0 Å². The molecule has 3 aromatic carbocycles. The quantitative estimate of drug-likeness (QED) is 0.108. The summed E-state index contributed by atoms with van der Waals surface area (Å²) < 4.78 is 12.1. The fourth-order valence-corrected chi connectivity index (χ4v) is 7.80. The normalized spacial score (nSPS) is 10.2. The largest absolute Gasteiger partial charge is 1.00 e. The van der Waals surface area contributed by atoms with E-state index in [0.29, 0.717) is 45.3 Å². The first kappa shape index (κ1) is 36.9. The molecule has 1 aromatic heterocycles. The van der Waals surface area contributed by atoms with Gasteiger partial charge in [-0.1, -0.05) is 18.2 Å². The van der Waals surface area contributed by atoms with E-state index < -0.39 is 5.97 Å². The van der Waals surface area contributed by atoms with Crippen LogP contribution < -0.4 is 83.5 Å². The summed E-state index contributed by atoms with van der Waals surface area (Å²) in [6, 6.07) is 21.7. The summed E-state index contributed by atoms with van der Waals surface area (Å²) in [5, 5.41) is 25.7. The molecule has 1 aliphatic carbocycles. The van der Waals surface area contributed by atoms with E-state index >= 15 is 0 Å². The number of rotatable bonds is 2. The third-order valence-corrected chi connectivity index (χ3v) is 9.72. The standard InChI is InChI=1S/C20H9Br2O5.C9H6O2.Hg.2Na.H2O/c21-13-5-11-17(7-15(13)23)27-18-8-16(24)14(22)6-12(18)19(11)9-3-1-2-4-10(9)20(25)26;10-9-6-5-7-3-1-2-4-8(7)11-9;;;;/h1-7,24H,(H,25,26);1-6H;;;;1H2/q;;;2*+1;/p-2.